The summed E-state index contributed by atoms with van der Waals surface area (Å²) >= 11 is 0. The van der Waals surface area contributed by atoms with Crippen LogP contribution in [-0.4, -0.2) is 60.8 Å². The van der Waals surface area contributed by atoms with Gasteiger partial charge in [0.1, 0.15) is 0 Å². The van der Waals surface area contributed by atoms with E-state index in [9.17, 15) is 9.59 Å². The summed E-state index contributed by atoms with van der Waals surface area (Å²) in [6.07, 6.45) is 3.11. The molecule has 2 aromatic carbocycles. The number of nitrogens with zero attached hydrogens (tertiary/aromatic N) is 2. The van der Waals surface area contributed by atoms with Crippen LogP contribution in [-0.2, 0) is 35.7 Å². The summed E-state index contributed by atoms with van der Waals surface area (Å²) in [6, 6.07) is 13.3. The van der Waals surface area contributed by atoms with Gasteiger partial charge in [-0.1, -0.05) is 25.1 Å². The third kappa shape index (κ3) is 7.27. The smallest absolute Gasteiger partial charge is 0.253 e. The molecule has 3 aliphatic rings. The van der Waals surface area contributed by atoms with Gasteiger partial charge in [-0.2, -0.15) is 0 Å². The number of fused-ring (bicyclic) bond motifs is 1. The Kier molecular flexibility index (Phi) is 9.58. The van der Waals surface area contributed by atoms with Crippen molar-refractivity contribution in [2.45, 2.75) is 85.3 Å². The Morgan fingerprint density at radius 3 is 2.60 bits per heavy atom. The second kappa shape index (κ2) is 13.8. The summed E-state index contributed by atoms with van der Waals surface area (Å²) in [5.41, 5.74) is 9.63. The van der Waals surface area contributed by atoms with E-state index < -0.39 is 0 Å². The number of benzene rings is 2. The molecule has 4 heterocycles. The van der Waals surface area contributed by atoms with Crippen LogP contribution in [0.5, 0.6) is 0 Å². The van der Waals surface area contributed by atoms with E-state index >= 15 is 0 Å². The number of amides is 1. The lowest BCUT2D eigenvalue weighted by Crippen LogP contribution is -2.35. The highest BCUT2D eigenvalue weighted by molar-refractivity contribution is 5.98. The van der Waals surface area contributed by atoms with Crippen LogP contribution in [0.25, 0.3) is 0 Å². The predicted octanol–water partition coefficient (Wildman–Crippen LogP) is 4.95. The topological polar surface area (TPSA) is 98.9 Å². The molecule has 0 aliphatic carbocycles. The molecule has 2 unspecified atom stereocenters. The van der Waals surface area contributed by atoms with Gasteiger partial charge >= 0.3 is 0 Å². The van der Waals surface area contributed by atoms with E-state index in [0.29, 0.717) is 11.1 Å². The maximum absolute atomic E-state index is 13.8. The molecule has 0 saturated carbocycles. The lowest BCUT2D eigenvalue weighted by molar-refractivity contribution is 0.00924. The standard InChI is InChI=1S/C36H47N5O4/c1-5-31-16-29(8-11-45-31)39-34-18-30(17-32(25(34)4)35(42)37-19-33-23(2)14-24(3)38-36(33)43)41-21-27-7-6-26(15-28(27)22-41)20-40-9-12-44-13-10-40/h6-7,14-15,17-18,29,31,39H,5,8-13,16,19-22H2,1-4H3,(H,37,42)(H,38,43). The molecular weight excluding hydrogens is 566 g/mol. The van der Waals surface area contributed by atoms with E-state index in [0.717, 1.165) is 100 Å². The fourth-order valence-electron chi connectivity index (χ4n) is 6.89. The van der Waals surface area contributed by atoms with Crippen LogP contribution >= 0.6 is 0 Å². The number of aryl methyl sites for hydroxylation is 2. The minimum Gasteiger partial charge on any atom is -0.382 e. The molecule has 1 amide bonds. The van der Waals surface area contributed by atoms with Crippen molar-refractivity contribution in [2.75, 3.05) is 43.1 Å². The highest BCUT2D eigenvalue weighted by atomic mass is 16.5. The van der Waals surface area contributed by atoms with Gasteiger partial charge in [0.2, 0.25) is 0 Å². The molecule has 0 radical (unpaired) electrons. The van der Waals surface area contributed by atoms with E-state index in [4.69, 9.17) is 9.47 Å². The number of hydrogen-bond donors (Lipinski definition) is 3. The first-order chi connectivity index (χ1) is 21.8. The lowest BCUT2D eigenvalue weighted by atomic mass is 9.99. The second-order valence-electron chi connectivity index (χ2n) is 12.9. The zero-order valence-electron chi connectivity index (χ0n) is 27.1. The summed E-state index contributed by atoms with van der Waals surface area (Å²) in [5, 5.41) is 6.84. The van der Waals surface area contributed by atoms with Crippen molar-refractivity contribution in [1.29, 1.82) is 0 Å². The zero-order valence-corrected chi connectivity index (χ0v) is 27.1. The van der Waals surface area contributed by atoms with Gasteiger partial charge in [0, 0.05) is 80.1 Å². The van der Waals surface area contributed by atoms with Gasteiger partial charge in [0.05, 0.1) is 19.3 Å². The normalized spacial score (nSPS) is 20.2. The number of aromatic nitrogens is 1. The Hall–Kier alpha value is -3.66. The van der Waals surface area contributed by atoms with Crippen molar-refractivity contribution in [3.8, 4) is 0 Å². The van der Waals surface area contributed by atoms with Crippen molar-refractivity contribution >= 4 is 17.3 Å². The molecule has 2 fully saturated rings. The van der Waals surface area contributed by atoms with E-state index in [1.807, 2.05) is 32.9 Å². The highest BCUT2D eigenvalue weighted by Crippen LogP contribution is 2.35. The zero-order chi connectivity index (χ0) is 31.5. The van der Waals surface area contributed by atoms with Gasteiger partial charge in [-0.05, 0) is 86.1 Å². The molecule has 1 aromatic heterocycles. The van der Waals surface area contributed by atoms with Gasteiger partial charge in [-0.25, -0.2) is 0 Å². The van der Waals surface area contributed by atoms with Gasteiger partial charge in [-0.15, -0.1) is 0 Å². The lowest BCUT2D eigenvalue weighted by Gasteiger charge is -2.31. The molecule has 45 heavy (non-hydrogen) atoms. The summed E-state index contributed by atoms with van der Waals surface area (Å²) in [5.74, 6) is -0.181. The first kappa shape index (κ1) is 31.3. The number of aromatic amines is 1. The van der Waals surface area contributed by atoms with Crippen LogP contribution in [0.3, 0.4) is 0 Å². The Bertz CT molecular complexity index is 1590. The fraction of sp³-hybridized carbons (Fsp3) is 0.500. The Morgan fingerprint density at radius 2 is 1.82 bits per heavy atom. The van der Waals surface area contributed by atoms with E-state index in [2.05, 4.69) is 56.6 Å². The van der Waals surface area contributed by atoms with Gasteiger partial charge in [0.25, 0.3) is 11.5 Å². The molecule has 3 N–H and O–H groups in total. The van der Waals surface area contributed by atoms with Crippen LogP contribution in [0.4, 0.5) is 11.4 Å². The monoisotopic (exact) mass is 613 g/mol. The number of nitrogens with one attached hydrogen (secondary N) is 3. The number of rotatable bonds is 9. The molecule has 240 valence electrons. The van der Waals surface area contributed by atoms with Crippen molar-refractivity contribution in [3.05, 3.63) is 91.4 Å². The number of morpholine rings is 1. The van der Waals surface area contributed by atoms with Crippen molar-refractivity contribution in [1.82, 2.24) is 15.2 Å². The fourth-order valence-corrected chi connectivity index (χ4v) is 6.89. The third-order valence-corrected chi connectivity index (χ3v) is 9.61. The molecular formula is C36H47N5O4. The van der Waals surface area contributed by atoms with Crippen LogP contribution in [0.15, 0.2) is 41.2 Å². The SMILES string of the molecule is CCC1CC(Nc2cc(N3Cc4ccc(CN5CCOCC5)cc4C3)cc(C(=O)NCc3c(C)cc(C)[nH]c3=O)c2C)CCO1. The maximum atomic E-state index is 13.8. The maximum Gasteiger partial charge on any atom is 0.253 e. The largest absolute Gasteiger partial charge is 0.382 e. The number of carbonyl (C=O) groups is 1. The van der Waals surface area contributed by atoms with Crippen molar-refractivity contribution in [3.63, 3.8) is 0 Å². The van der Waals surface area contributed by atoms with Crippen LogP contribution < -0.4 is 21.1 Å². The Morgan fingerprint density at radius 1 is 1.02 bits per heavy atom. The molecule has 0 bridgehead atoms. The first-order valence-electron chi connectivity index (χ1n) is 16.4. The third-order valence-electron chi connectivity index (χ3n) is 9.61. The molecule has 3 aromatic rings. The highest BCUT2D eigenvalue weighted by Gasteiger charge is 2.26. The summed E-state index contributed by atoms with van der Waals surface area (Å²) in [6.45, 7) is 14.9. The van der Waals surface area contributed by atoms with Crippen LogP contribution in [0, 0.1) is 20.8 Å². The number of H-pyrrole nitrogens is 1. The number of anilines is 2. The first-order valence-corrected chi connectivity index (χ1v) is 16.4. The molecule has 0 spiro atoms. The van der Waals surface area contributed by atoms with Crippen molar-refractivity contribution in [2.24, 2.45) is 0 Å². The summed E-state index contributed by atoms with van der Waals surface area (Å²) < 4.78 is 11.5. The molecule has 3 aliphatic heterocycles. The number of pyridine rings is 1. The van der Waals surface area contributed by atoms with Gasteiger partial charge in [0.15, 0.2) is 0 Å². The average Bonchev–Trinajstić information content (AvgIpc) is 3.45. The molecule has 6 rings (SSSR count). The van der Waals surface area contributed by atoms with E-state index in [-0.39, 0.29) is 30.2 Å². The Balaban J connectivity index is 1.25. The van der Waals surface area contributed by atoms with Crippen LogP contribution in [0.1, 0.15) is 75.6 Å². The molecule has 2 atom stereocenters. The number of ether oxygens (including phenoxy) is 2. The molecule has 9 nitrogen and oxygen atoms in total. The minimum absolute atomic E-state index is 0.159. The summed E-state index contributed by atoms with van der Waals surface area (Å²) in [4.78, 5) is 34.1. The summed E-state index contributed by atoms with van der Waals surface area (Å²) in [7, 11) is 0. The van der Waals surface area contributed by atoms with E-state index in [1.165, 1.54) is 16.7 Å². The number of hydrogen-bond acceptors (Lipinski definition) is 7. The predicted molar refractivity (Wildman–Crippen MR) is 178 cm³/mol. The second-order valence-corrected chi connectivity index (χ2v) is 12.9. The van der Waals surface area contributed by atoms with Crippen molar-refractivity contribution < 1.29 is 14.3 Å². The minimum atomic E-state index is -0.181. The van der Waals surface area contributed by atoms with Gasteiger partial charge in [-0.3, -0.25) is 14.5 Å². The average molecular weight is 614 g/mol. The Labute approximate surface area is 266 Å². The van der Waals surface area contributed by atoms with Gasteiger partial charge < -0.3 is 30.0 Å². The number of carbonyl (C=O) groups excluding carboxylic acids is 1. The van der Waals surface area contributed by atoms with E-state index in [1.54, 1.807) is 0 Å². The quantitative estimate of drug-likeness (QED) is 0.314. The molecule has 2 saturated heterocycles. The molecule has 9 heteroatoms. The van der Waals surface area contributed by atoms with Crippen LogP contribution in [0.2, 0.25) is 0 Å².